The fourth-order valence-corrected chi connectivity index (χ4v) is 4.73. The molecule has 36 heavy (non-hydrogen) atoms. The van der Waals surface area contributed by atoms with E-state index in [1.807, 2.05) is 48.5 Å². The van der Waals surface area contributed by atoms with E-state index in [0.717, 1.165) is 0 Å². The summed E-state index contributed by atoms with van der Waals surface area (Å²) < 4.78 is 39.7. The van der Waals surface area contributed by atoms with Gasteiger partial charge in [0.25, 0.3) is 12.9 Å². The summed E-state index contributed by atoms with van der Waals surface area (Å²) in [5.74, 6) is 0. The minimum Gasteiger partial charge on any atom is -0.462 e. The highest BCUT2D eigenvalue weighted by Crippen LogP contribution is 2.37. The van der Waals surface area contributed by atoms with Crippen molar-refractivity contribution in [2.24, 2.45) is 5.41 Å². The normalized spacial score (nSPS) is 21.0. The molecule has 212 valence electrons. The molecule has 10 heteroatoms. The molecule has 1 N–H and O–H groups in total. The largest absolute Gasteiger partial charge is 0.462 e. The van der Waals surface area contributed by atoms with Crippen molar-refractivity contribution < 1.29 is 47.9 Å². The summed E-state index contributed by atoms with van der Waals surface area (Å²) in [4.78, 5) is 21.5. The second kappa shape index (κ2) is 14.0. The molecular formula is C26H48O10. The molecule has 0 aromatic carbocycles. The van der Waals surface area contributed by atoms with Crippen molar-refractivity contribution in [1.82, 2.24) is 0 Å². The van der Waals surface area contributed by atoms with Crippen LogP contribution in [0.2, 0.25) is 0 Å². The Labute approximate surface area is 216 Å². The molecule has 0 saturated carbocycles. The molecule has 1 fully saturated rings. The zero-order valence-electron chi connectivity index (χ0n) is 23.5. The number of hydrogen-bond donors (Lipinski definition) is 1. The van der Waals surface area contributed by atoms with Crippen molar-refractivity contribution in [3.05, 3.63) is 0 Å². The van der Waals surface area contributed by atoms with E-state index >= 15 is 0 Å². The number of rotatable bonds is 18. The summed E-state index contributed by atoms with van der Waals surface area (Å²) in [7, 11) is 0. The highest BCUT2D eigenvalue weighted by molar-refractivity contribution is 5.37. The zero-order valence-corrected chi connectivity index (χ0v) is 23.5. The Hall–Kier alpha value is -1.30. The van der Waals surface area contributed by atoms with Crippen LogP contribution in [0.25, 0.3) is 0 Å². The molecule has 1 saturated heterocycles. The molecule has 0 bridgehead atoms. The van der Waals surface area contributed by atoms with Crippen LogP contribution in [0.1, 0.15) is 81.6 Å². The SMILES string of the molecule is CC(C)(CC(CO)OC(COC=O)OC(C)(C)C)CC(C)(C)OC(COC=O)OC1COC(C)(C)C1. The van der Waals surface area contributed by atoms with E-state index in [1.165, 1.54) is 0 Å². The first kappa shape index (κ1) is 32.7. The summed E-state index contributed by atoms with van der Waals surface area (Å²) in [6.07, 6.45) is -0.500. The van der Waals surface area contributed by atoms with Gasteiger partial charge in [0.2, 0.25) is 0 Å². The van der Waals surface area contributed by atoms with Crippen LogP contribution >= 0.6 is 0 Å². The van der Waals surface area contributed by atoms with Crippen LogP contribution in [-0.2, 0) is 42.7 Å². The fraction of sp³-hybridized carbons (Fsp3) is 0.923. The lowest BCUT2D eigenvalue weighted by Crippen LogP contribution is -2.42. The zero-order chi connectivity index (χ0) is 27.6. The minimum absolute atomic E-state index is 0.0325. The number of aliphatic hydroxyl groups excluding tert-OH is 1. The molecule has 0 spiro atoms. The van der Waals surface area contributed by atoms with E-state index in [1.54, 1.807) is 0 Å². The predicted molar refractivity (Wildman–Crippen MR) is 132 cm³/mol. The minimum atomic E-state index is -0.816. The maximum absolute atomic E-state index is 10.8. The molecule has 4 unspecified atom stereocenters. The standard InChI is InChI=1S/C26H48O10/c1-23(2,3)35-21(14-30-17-28)33-19(12-27)10-24(4,5)16-26(8,9)36-22(15-31-18-29)34-20-11-25(6,7)32-13-20/h17-22,27H,10-16H2,1-9H3. The van der Waals surface area contributed by atoms with Crippen molar-refractivity contribution in [3.8, 4) is 0 Å². The molecule has 0 radical (unpaired) electrons. The van der Waals surface area contributed by atoms with E-state index in [9.17, 15) is 14.7 Å². The molecule has 4 atom stereocenters. The third-order valence-electron chi connectivity index (χ3n) is 5.49. The third-order valence-corrected chi connectivity index (χ3v) is 5.49. The molecule has 0 aromatic heterocycles. The number of hydrogen-bond acceptors (Lipinski definition) is 10. The number of aliphatic hydroxyl groups is 1. The van der Waals surface area contributed by atoms with Gasteiger partial charge in [0, 0.05) is 6.42 Å². The van der Waals surface area contributed by atoms with Gasteiger partial charge < -0.3 is 38.3 Å². The maximum atomic E-state index is 10.8. The predicted octanol–water partition coefficient (Wildman–Crippen LogP) is 3.36. The van der Waals surface area contributed by atoms with Crippen LogP contribution in [0.5, 0.6) is 0 Å². The van der Waals surface area contributed by atoms with Gasteiger partial charge in [-0.05, 0) is 66.7 Å². The van der Waals surface area contributed by atoms with Crippen LogP contribution in [0.15, 0.2) is 0 Å². The van der Waals surface area contributed by atoms with Crippen LogP contribution in [0.4, 0.5) is 0 Å². The first-order chi connectivity index (χ1) is 16.5. The molecule has 1 rings (SSSR count). The van der Waals surface area contributed by atoms with Gasteiger partial charge in [-0.25, -0.2) is 0 Å². The monoisotopic (exact) mass is 520 g/mol. The van der Waals surface area contributed by atoms with Gasteiger partial charge in [0.1, 0.15) is 13.2 Å². The van der Waals surface area contributed by atoms with Crippen molar-refractivity contribution in [1.29, 1.82) is 0 Å². The Morgan fingerprint density at radius 2 is 1.56 bits per heavy atom. The molecule has 0 aromatic rings. The lowest BCUT2D eigenvalue weighted by molar-refractivity contribution is -0.248. The van der Waals surface area contributed by atoms with Crippen LogP contribution in [0, 0.1) is 5.41 Å². The average Bonchev–Trinajstić information content (AvgIpc) is 3.05. The molecule has 10 nitrogen and oxygen atoms in total. The lowest BCUT2D eigenvalue weighted by atomic mass is 9.77. The Morgan fingerprint density at radius 3 is 2.03 bits per heavy atom. The van der Waals surface area contributed by atoms with Gasteiger partial charge in [0.15, 0.2) is 12.6 Å². The Kier molecular flexibility index (Phi) is 12.7. The molecule has 1 heterocycles. The quantitative estimate of drug-likeness (QED) is 0.213. The Morgan fingerprint density at radius 1 is 0.972 bits per heavy atom. The number of ether oxygens (including phenoxy) is 7. The summed E-state index contributed by atoms with van der Waals surface area (Å²) in [6.45, 7) is 18.4. The molecule has 1 aliphatic heterocycles. The van der Waals surface area contributed by atoms with Crippen molar-refractivity contribution in [3.63, 3.8) is 0 Å². The molecular weight excluding hydrogens is 472 g/mol. The summed E-state index contributed by atoms with van der Waals surface area (Å²) >= 11 is 0. The van der Waals surface area contributed by atoms with Gasteiger partial charge in [-0.1, -0.05) is 13.8 Å². The summed E-state index contributed by atoms with van der Waals surface area (Å²) in [5.41, 5.74) is -1.79. The van der Waals surface area contributed by atoms with Crippen molar-refractivity contribution >= 4 is 12.9 Å². The number of carbonyl (C=O) groups excluding carboxylic acids is 2. The van der Waals surface area contributed by atoms with Gasteiger partial charge in [-0.15, -0.1) is 0 Å². The van der Waals surface area contributed by atoms with Gasteiger partial charge in [-0.2, -0.15) is 0 Å². The third kappa shape index (κ3) is 13.9. The fourth-order valence-electron chi connectivity index (χ4n) is 4.73. The van der Waals surface area contributed by atoms with E-state index < -0.39 is 29.9 Å². The Balaban J connectivity index is 2.80. The highest BCUT2D eigenvalue weighted by Gasteiger charge is 2.38. The average molecular weight is 521 g/mol. The second-order valence-corrected chi connectivity index (χ2v) is 12.3. The van der Waals surface area contributed by atoms with Crippen LogP contribution < -0.4 is 0 Å². The van der Waals surface area contributed by atoms with E-state index in [-0.39, 0.29) is 36.9 Å². The van der Waals surface area contributed by atoms with Gasteiger partial charge in [-0.3, -0.25) is 9.59 Å². The topological polar surface area (TPSA) is 119 Å². The summed E-state index contributed by atoms with van der Waals surface area (Å²) in [5, 5.41) is 10.0. The van der Waals surface area contributed by atoms with E-state index in [2.05, 4.69) is 13.8 Å². The molecule has 0 aliphatic carbocycles. The van der Waals surface area contributed by atoms with Gasteiger partial charge >= 0.3 is 0 Å². The number of carbonyl (C=O) groups is 2. The summed E-state index contributed by atoms with van der Waals surface area (Å²) in [6, 6.07) is 0. The van der Waals surface area contributed by atoms with E-state index in [4.69, 9.17) is 33.2 Å². The Bertz CT molecular complexity index is 656. The highest BCUT2D eigenvalue weighted by atomic mass is 16.7. The first-order valence-electron chi connectivity index (χ1n) is 12.5. The lowest BCUT2D eigenvalue weighted by Gasteiger charge is -2.39. The maximum Gasteiger partial charge on any atom is 0.293 e. The van der Waals surface area contributed by atoms with Crippen molar-refractivity contribution in [2.75, 3.05) is 26.4 Å². The molecule has 1 aliphatic rings. The van der Waals surface area contributed by atoms with Crippen LogP contribution in [0.3, 0.4) is 0 Å². The smallest absolute Gasteiger partial charge is 0.293 e. The van der Waals surface area contributed by atoms with Gasteiger partial charge in [0.05, 0.1) is 42.2 Å². The molecule has 0 amide bonds. The van der Waals surface area contributed by atoms with Crippen LogP contribution in [-0.4, -0.2) is 86.1 Å². The van der Waals surface area contributed by atoms with Crippen molar-refractivity contribution in [2.45, 2.75) is 123 Å². The van der Waals surface area contributed by atoms with E-state index in [0.29, 0.717) is 38.8 Å². The first-order valence-corrected chi connectivity index (χ1v) is 12.5. The second-order valence-electron chi connectivity index (χ2n) is 12.3.